The summed E-state index contributed by atoms with van der Waals surface area (Å²) in [6.07, 6.45) is -2.37. The summed E-state index contributed by atoms with van der Waals surface area (Å²) in [5.74, 6) is -6.29. The summed E-state index contributed by atoms with van der Waals surface area (Å²) in [6, 6.07) is 0.544. The fourth-order valence-electron chi connectivity index (χ4n) is 1.14. The van der Waals surface area contributed by atoms with E-state index in [4.69, 9.17) is 10.2 Å². The lowest BCUT2D eigenvalue weighted by atomic mass is 10.1. The van der Waals surface area contributed by atoms with Crippen molar-refractivity contribution in [2.24, 2.45) is 0 Å². The quantitative estimate of drug-likeness (QED) is 0.719. The Hall–Kier alpha value is -1.89. The first kappa shape index (κ1) is 12.2. The van der Waals surface area contributed by atoms with E-state index in [1.807, 2.05) is 0 Å². The molecule has 1 atom stereocenters. The zero-order chi connectivity index (χ0) is 12.5. The second kappa shape index (κ2) is 4.31. The molecule has 3 N–H and O–H groups in total. The smallest absolute Gasteiger partial charge is 0.337 e. The molecule has 0 aliphatic heterocycles. The fourth-order valence-corrected chi connectivity index (χ4v) is 1.14. The van der Waals surface area contributed by atoms with Crippen molar-refractivity contribution >= 4 is 5.97 Å². The number of phenolic OH excluding ortho intramolecular Hbond substituents is 1. The first-order valence-electron chi connectivity index (χ1n) is 4.05. The number of hydrogen-bond donors (Lipinski definition) is 3. The topological polar surface area (TPSA) is 87.0 Å². The molecule has 7 heteroatoms. The van der Waals surface area contributed by atoms with Crippen LogP contribution in [0.1, 0.15) is 11.7 Å². The molecule has 0 saturated heterocycles. The van der Waals surface area contributed by atoms with Crippen molar-refractivity contribution in [2.45, 2.75) is 6.10 Å². The van der Waals surface area contributed by atoms with Gasteiger partial charge in [0.25, 0.3) is 0 Å². The summed E-state index contributed by atoms with van der Waals surface area (Å²) in [4.78, 5) is 10.4. The number of carbonyl (C=O) groups is 1. The van der Waals surface area contributed by atoms with Crippen LogP contribution in [0.15, 0.2) is 6.07 Å². The van der Waals surface area contributed by atoms with Crippen molar-refractivity contribution in [3.8, 4) is 11.5 Å². The number of benzene rings is 1. The number of rotatable bonds is 3. The number of carboxylic acid groups (broad SMARTS) is 1. The zero-order valence-electron chi connectivity index (χ0n) is 8.07. The maximum Gasteiger partial charge on any atom is 0.337 e. The van der Waals surface area contributed by atoms with Crippen LogP contribution in [-0.4, -0.2) is 28.4 Å². The van der Waals surface area contributed by atoms with Crippen LogP contribution in [0, 0.1) is 11.6 Å². The number of aromatic hydroxyl groups is 1. The molecule has 0 fully saturated rings. The molecule has 0 bridgehead atoms. The van der Waals surface area contributed by atoms with Gasteiger partial charge in [0.2, 0.25) is 0 Å². The lowest BCUT2D eigenvalue weighted by molar-refractivity contribution is -0.147. The first-order chi connectivity index (χ1) is 7.40. The van der Waals surface area contributed by atoms with Crippen LogP contribution in [0.5, 0.6) is 11.5 Å². The summed E-state index contributed by atoms with van der Waals surface area (Å²) < 4.78 is 30.6. The molecular weight excluding hydrogens is 226 g/mol. The number of phenols is 1. The minimum absolute atomic E-state index is 0.464. The Morgan fingerprint density at radius 3 is 2.50 bits per heavy atom. The zero-order valence-corrected chi connectivity index (χ0v) is 8.07. The number of carboxylic acids is 1. The molecule has 5 nitrogen and oxygen atoms in total. The molecule has 1 unspecified atom stereocenters. The molecule has 0 radical (unpaired) electrons. The van der Waals surface area contributed by atoms with Crippen molar-refractivity contribution in [3.63, 3.8) is 0 Å². The molecule has 1 aromatic carbocycles. The Kier molecular flexibility index (Phi) is 3.28. The highest BCUT2D eigenvalue weighted by atomic mass is 19.2. The van der Waals surface area contributed by atoms with E-state index in [1.165, 1.54) is 0 Å². The monoisotopic (exact) mass is 234 g/mol. The Labute approximate surface area is 88.5 Å². The molecular formula is C9H8F2O5. The van der Waals surface area contributed by atoms with Crippen molar-refractivity contribution < 1.29 is 33.6 Å². The van der Waals surface area contributed by atoms with Crippen molar-refractivity contribution in [3.05, 3.63) is 23.3 Å². The van der Waals surface area contributed by atoms with Crippen molar-refractivity contribution in [1.82, 2.24) is 0 Å². The highest BCUT2D eigenvalue weighted by Gasteiger charge is 2.28. The number of halogens is 2. The molecule has 1 aromatic rings. The van der Waals surface area contributed by atoms with Crippen LogP contribution in [-0.2, 0) is 4.79 Å². The molecule has 0 amide bonds. The molecule has 0 heterocycles. The van der Waals surface area contributed by atoms with E-state index in [9.17, 15) is 18.7 Å². The Morgan fingerprint density at radius 2 is 2.06 bits per heavy atom. The predicted molar refractivity (Wildman–Crippen MR) is 47.2 cm³/mol. The number of methoxy groups -OCH3 is 1. The molecule has 0 aliphatic carbocycles. The summed E-state index contributed by atoms with van der Waals surface area (Å²) >= 11 is 0. The predicted octanol–water partition coefficient (Wildman–Crippen LogP) is 0.797. The molecule has 16 heavy (non-hydrogen) atoms. The van der Waals surface area contributed by atoms with Crippen LogP contribution < -0.4 is 4.74 Å². The Bertz CT molecular complexity index is 432. The number of ether oxygens (including phenoxy) is 1. The highest BCUT2D eigenvalue weighted by Crippen LogP contribution is 2.37. The fraction of sp³-hybridized carbons (Fsp3) is 0.222. The van der Waals surface area contributed by atoms with Gasteiger partial charge in [0.05, 0.1) is 12.7 Å². The SMILES string of the molecule is COc1cc(F)c(F)c(C(O)C(=O)O)c1O. The molecule has 88 valence electrons. The van der Waals surface area contributed by atoms with E-state index in [2.05, 4.69) is 4.74 Å². The Balaban J connectivity index is 3.47. The van der Waals surface area contributed by atoms with E-state index in [-0.39, 0.29) is 0 Å². The van der Waals surface area contributed by atoms with Crippen LogP contribution in [0.2, 0.25) is 0 Å². The van der Waals surface area contributed by atoms with Gasteiger partial charge in [0.1, 0.15) is 0 Å². The van der Waals surface area contributed by atoms with Gasteiger partial charge in [-0.05, 0) is 0 Å². The van der Waals surface area contributed by atoms with E-state index in [0.717, 1.165) is 7.11 Å². The third-order valence-corrected chi connectivity index (χ3v) is 1.92. The first-order valence-corrected chi connectivity index (χ1v) is 4.05. The van der Waals surface area contributed by atoms with Gasteiger partial charge in [-0.2, -0.15) is 0 Å². The van der Waals surface area contributed by atoms with Gasteiger partial charge in [-0.25, -0.2) is 13.6 Å². The van der Waals surface area contributed by atoms with Gasteiger partial charge in [-0.3, -0.25) is 0 Å². The molecule has 0 spiro atoms. The molecule has 1 rings (SSSR count). The molecule has 0 aliphatic rings. The summed E-state index contributed by atoms with van der Waals surface area (Å²) in [5.41, 5.74) is -1.07. The minimum Gasteiger partial charge on any atom is -0.504 e. The normalized spacial score (nSPS) is 12.2. The van der Waals surface area contributed by atoms with E-state index >= 15 is 0 Å². The minimum atomic E-state index is -2.37. The summed E-state index contributed by atoms with van der Waals surface area (Å²) in [5, 5.41) is 26.9. The third-order valence-electron chi connectivity index (χ3n) is 1.92. The van der Waals surface area contributed by atoms with Crippen molar-refractivity contribution in [1.29, 1.82) is 0 Å². The van der Waals surface area contributed by atoms with E-state index in [0.29, 0.717) is 6.07 Å². The lowest BCUT2D eigenvalue weighted by Crippen LogP contribution is -2.13. The van der Waals surface area contributed by atoms with Crippen LogP contribution in [0.25, 0.3) is 0 Å². The average molecular weight is 234 g/mol. The standard InChI is InChI=1S/C9H8F2O5/c1-16-4-2-3(10)6(11)5(7(4)12)8(13)9(14)15/h2,8,12-13H,1H3,(H,14,15). The maximum absolute atomic E-state index is 13.2. The summed E-state index contributed by atoms with van der Waals surface area (Å²) in [6.45, 7) is 0. The maximum atomic E-state index is 13.2. The van der Waals surface area contributed by atoms with Crippen LogP contribution in [0.4, 0.5) is 8.78 Å². The number of aliphatic hydroxyl groups excluding tert-OH is 1. The molecule has 0 saturated carbocycles. The van der Waals surface area contributed by atoms with Gasteiger partial charge < -0.3 is 20.1 Å². The van der Waals surface area contributed by atoms with Crippen LogP contribution in [0.3, 0.4) is 0 Å². The molecule has 0 aromatic heterocycles. The highest BCUT2D eigenvalue weighted by molar-refractivity contribution is 5.76. The average Bonchev–Trinajstić information content (AvgIpc) is 2.23. The van der Waals surface area contributed by atoms with Crippen molar-refractivity contribution in [2.75, 3.05) is 7.11 Å². The van der Waals surface area contributed by atoms with Gasteiger partial charge in [0, 0.05) is 6.07 Å². The van der Waals surface area contributed by atoms with Gasteiger partial charge >= 0.3 is 5.97 Å². The number of aliphatic carboxylic acids is 1. The largest absolute Gasteiger partial charge is 0.504 e. The number of aliphatic hydroxyl groups is 1. The van der Waals surface area contributed by atoms with E-state index in [1.54, 1.807) is 0 Å². The second-order valence-corrected chi connectivity index (χ2v) is 2.88. The second-order valence-electron chi connectivity index (χ2n) is 2.88. The van der Waals surface area contributed by atoms with Gasteiger partial charge in [0.15, 0.2) is 29.2 Å². The van der Waals surface area contributed by atoms with Crippen LogP contribution >= 0.6 is 0 Å². The third kappa shape index (κ3) is 1.89. The summed E-state index contributed by atoms with van der Waals surface area (Å²) in [7, 11) is 1.07. The van der Waals surface area contributed by atoms with E-state index < -0.39 is 40.8 Å². The number of hydrogen-bond acceptors (Lipinski definition) is 4. The Morgan fingerprint density at radius 1 is 1.50 bits per heavy atom. The van der Waals surface area contributed by atoms with Gasteiger partial charge in [-0.15, -0.1) is 0 Å². The lowest BCUT2D eigenvalue weighted by Gasteiger charge is -2.12. The van der Waals surface area contributed by atoms with Gasteiger partial charge in [-0.1, -0.05) is 0 Å².